The van der Waals surface area contributed by atoms with Crippen LogP contribution in [-0.2, 0) is 6.42 Å². The third kappa shape index (κ3) is 3.43. The Hall–Kier alpha value is -3.38. The van der Waals surface area contributed by atoms with Gasteiger partial charge in [-0.05, 0) is 31.0 Å². The molecule has 7 heteroatoms. The Morgan fingerprint density at radius 1 is 0.931 bits per heavy atom. The molecule has 142 valence electrons. The average molecular weight is 402 g/mol. The summed E-state index contributed by atoms with van der Waals surface area (Å²) >= 11 is 6.21. The number of halogens is 1. The van der Waals surface area contributed by atoms with E-state index < -0.39 is 0 Å². The SMILES string of the molecule is O=C1CCCc2nc(Nc3nc(-c4ccccc4)c4cc(Cl)ccc4n3)ncc21. The van der Waals surface area contributed by atoms with Crippen molar-refractivity contribution in [1.82, 2.24) is 19.9 Å². The van der Waals surface area contributed by atoms with Gasteiger partial charge in [0.1, 0.15) is 0 Å². The van der Waals surface area contributed by atoms with Crippen molar-refractivity contribution in [2.75, 3.05) is 5.32 Å². The summed E-state index contributed by atoms with van der Waals surface area (Å²) in [6, 6.07) is 15.4. The van der Waals surface area contributed by atoms with E-state index in [4.69, 9.17) is 16.6 Å². The number of fused-ring (bicyclic) bond motifs is 2. The van der Waals surface area contributed by atoms with Crippen molar-refractivity contribution in [3.05, 3.63) is 71.0 Å². The van der Waals surface area contributed by atoms with Crippen molar-refractivity contribution in [2.24, 2.45) is 0 Å². The molecule has 1 N–H and O–H groups in total. The van der Waals surface area contributed by atoms with Crippen molar-refractivity contribution < 1.29 is 4.79 Å². The predicted molar refractivity (Wildman–Crippen MR) is 113 cm³/mol. The molecular formula is C22H16ClN5O. The molecule has 0 spiro atoms. The van der Waals surface area contributed by atoms with Crippen LogP contribution < -0.4 is 5.32 Å². The Balaban J connectivity index is 1.59. The zero-order chi connectivity index (χ0) is 19.8. The summed E-state index contributed by atoms with van der Waals surface area (Å²) in [7, 11) is 0. The lowest BCUT2D eigenvalue weighted by atomic mass is 9.96. The molecule has 0 unspecified atom stereocenters. The van der Waals surface area contributed by atoms with Crippen molar-refractivity contribution in [1.29, 1.82) is 0 Å². The Kier molecular flexibility index (Phi) is 4.41. The zero-order valence-corrected chi connectivity index (χ0v) is 16.1. The molecule has 0 aliphatic heterocycles. The minimum Gasteiger partial charge on any atom is -0.294 e. The fourth-order valence-corrected chi connectivity index (χ4v) is 3.70. The molecule has 5 rings (SSSR count). The van der Waals surface area contributed by atoms with Crippen molar-refractivity contribution in [3.8, 4) is 11.3 Å². The first-order chi connectivity index (χ1) is 14.2. The number of aromatic nitrogens is 4. The Labute approximate surface area is 172 Å². The van der Waals surface area contributed by atoms with E-state index in [1.807, 2.05) is 42.5 Å². The van der Waals surface area contributed by atoms with Crippen LogP contribution in [0.2, 0.25) is 5.02 Å². The molecule has 0 atom stereocenters. The summed E-state index contributed by atoms with van der Waals surface area (Å²) in [5.74, 6) is 0.870. The van der Waals surface area contributed by atoms with Gasteiger partial charge in [0.2, 0.25) is 11.9 Å². The first kappa shape index (κ1) is 17.7. The third-order valence-corrected chi connectivity index (χ3v) is 5.15. The minimum absolute atomic E-state index is 0.1000. The number of benzene rings is 2. The van der Waals surface area contributed by atoms with Gasteiger partial charge in [-0.1, -0.05) is 41.9 Å². The van der Waals surface area contributed by atoms with Gasteiger partial charge in [-0.3, -0.25) is 10.1 Å². The maximum Gasteiger partial charge on any atom is 0.230 e. The summed E-state index contributed by atoms with van der Waals surface area (Å²) in [4.78, 5) is 30.1. The molecule has 2 aromatic heterocycles. The fraction of sp³-hybridized carbons (Fsp3) is 0.136. The van der Waals surface area contributed by atoms with Gasteiger partial charge in [0.15, 0.2) is 5.78 Å². The number of ketones is 1. The van der Waals surface area contributed by atoms with Crippen LogP contribution >= 0.6 is 11.6 Å². The van der Waals surface area contributed by atoms with E-state index in [-0.39, 0.29) is 5.78 Å². The molecule has 0 saturated carbocycles. The molecule has 1 aliphatic rings. The number of aryl methyl sites for hydroxylation is 1. The minimum atomic E-state index is 0.1000. The highest BCUT2D eigenvalue weighted by Gasteiger charge is 2.20. The molecule has 0 fully saturated rings. The lowest BCUT2D eigenvalue weighted by Crippen LogP contribution is -2.14. The van der Waals surface area contributed by atoms with Gasteiger partial charge in [-0.2, -0.15) is 0 Å². The van der Waals surface area contributed by atoms with Crippen LogP contribution in [0.5, 0.6) is 0 Å². The number of rotatable bonds is 3. The number of nitrogens with one attached hydrogen (secondary N) is 1. The topological polar surface area (TPSA) is 80.7 Å². The number of carbonyl (C=O) groups is 1. The Morgan fingerprint density at radius 2 is 1.79 bits per heavy atom. The van der Waals surface area contributed by atoms with E-state index in [1.54, 1.807) is 12.3 Å². The quantitative estimate of drug-likeness (QED) is 0.520. The second-order valence-electron chi connectivity index (χ2n) is 6.88. The van der Waals surface area contributed by atoms with Crippen LogP contribution in [0.15, 0.2) is 54.7 Å². The van der Waals surface area contributed by atoms with Crippen molar-refractivity contribution in [3.63, 3.8) is 0 Å². The molecular weight excluding hydrogens is 386 g/mol. The molecule has 0 saturated heterocycles. The van der Waals surface area contributed by atoms with E-state index in [0.717, 1.165) is 40.7 Å². The van der Waals surface area contributed by atoms with Crippen LogP contribution in [0.4, 0.5) is 11.9 Å². The standard InChI is InChI=1S/C22H16ClN5O/c23-14-9-10-18-15(11-14)20(13-5-2-1-3-6-13)27-22(26-18)28-21-24-12-16-17(25-21)7-4-8-19(16)29/h1-3,5-6,9-12H,4,7-8H2,(H,24,25,26,27,28). The lowest BCUT2D eigenvalue weighted by Gasteiger charge is -2.14. The van der Waals surface area contributed by atoms with Gasteiger partial charge in [-0.25, -0.2) is 19.9 Å². The highest BCUT2D eigenvalue weighted by Crippen LogP contribution is 2.30. The highest BCUT2D eigenvalue weighted by molar-refractivity contribution is 6.31. The lowest BCUT2D eigenvalue weighted by molar-refractivity contribution is 0.0971. The van der Waals surface area contributed by atoms with Gasteiger partial charge >= 0.3 is 0 Å². The first-order valence-corrected chi connectivity index (χ1v) is 9.74. The second-order valence-corrected chi connectivity index (χ2v) is 7.32. The number of carbonyl (C=O) groups excluding carboxylic acids is 1. The number of anilines is 2. The number of hydrogen-bond acceptors (Lipinski definition) is 6. The van der Waals surface area contributed by atoms with Crippen LogP contribution in [0, 0.1) is 0 Å². The summed E-state index contributed by atoms with van der Waals surface area (Å²) < 4.78 is 0. The van der Waals surface area contributed by atoms with Crippen LogP contribution in [0.1, 0.15) is 28.9 Å². The van der Waals surface area contributed by atoms with Gasteiger partial charge < -0.3 is 0 Å². The first-order valence-electron chi connectivity index (χ1n) is 9.36. The van der Waals surface area contributed by atoms with Crippen LogP contribution in [-0.4, -0.2) is 25.7 Å². The molecule has 6 nitrogen and oxygen atoms in total. The van der Waals surface area contributed by atoms with Gasteiger partial charge in [0.05, 0.1) is 22.5 Å². The van der Waals surface area contributed by atoms with Gasteiger partial charge in [-0.15, -0.1) is 0 Å². The molecule has 1 aliphatic carbocycles. The monoisotopic (exact) mass is 401 g/mol. The smallest absolute Gasteiger partial charge is 0.230 e. The van der Waals surface area contributed by atoms with Crippen molar-refractivity contribution >= 4 is 40.2 Å². The molecule has 0 bridgehead atoms. The predicted octanol–water partition coefficient (Wildman–Crippen LogP) is 5.00. The third-order valence-electron chi connectivity index (χ3n) is 4.91. The maximum absolute atomic E-state index is 12.0. The number of nitrogens with zero attached hydrogens (tertiary/aromatic N) is 4. The molecule has 2 aromatic carbocycles. The highest BCUT2D eigenvalue weighted by atomic mass is 35.5. The summed E-state index contributed by atoms with van der Waals surface area (Å²) in [6.45, 7) is 0. The van der Waals surface area contributed by atoms with Crippen LogP contribution in [0.3, 0.4) is 0 Å². The van der Waals surface area contributed by atoms with E-state index in [9.17, 15) is 4.79 Å². The molecule has 0 radical (unpaired) electrons. The number of Topliss-reactive ketones (excluding diaryl/α,β-unsaturated/α-hetero) is 1. The zero-order valence-electron chi connectivity index (χ0n) is 15.4. The van der Waals surface area contributed by atoms with Crippen LogP contribution in [0.25, 0.3) is 22.2 Å². The molecule has 29 heavy (non-hydrogen) atoms. The molecule has 0 amide bonds. The Morgan fingerprint density at radius 3 is 2.66 bits per heavy atom. The summed E-state index contributed by atoms with van der Waals surface area (Å²) in [6.07, 6.45) is 3.73. The molecule has 2 heterocycles. The van der Waals surface area contributed by atoms with Crippen molar-refractivity contribution in [2.45, 2.75) is 19.3 Å². The average Bonchev–Trinajstić information content (AvgIpc) is 2.74. The normalized spacial score (nSPS) is 13.3. The number of hydrogen-bond donors (Lipinski definition) is 1. The van der Waals surface area contributed by atoms with E-state index >= 15 is 0 Å². The maximum atomic E-state index is 12.0. The summed E-state index contributed by atoms with van der Waals surface area (Å²) in [5.41, 5.74) is 3.88. The van der Waals surface area contributed by atoms with E-state index in [2.05, 4.69) is 20.3 Å². The Bertz CT molecular complexity index is 1240. The summed E-state index contributed by atoms with van der Waals surface area (Å²) in [5, 5.41) is 4.59. The van der Waals surface area contributed by atoms with Gasteiger partial charge in [0.25, 0.3) is 0 Å². The van der Waals surface area contributed by atoms with E-state index in [0.29, 0.717) is 28.9 Å². The largest absolute Gasteiger partial charge is 0.294 e. The van der Waals surface area contributed by atoms with E-state index in [1.165, 1.54) is 0 Å². The fourth-order valence-electron chi connectivity index (χ4n) is 3.52. The molecule has 4 aromatic rings. The second kappa shape index (κ2) is 7.22. The van der Waals surface area contributed by atoms with Gasteiger partial charge in [0, 0.05) is 28.6 Å².